The molecular formula is C27H23ClN2O6. The summed E-state index contributed by atoms with van der Waals surface area (Å²) in [7, 11) is 1.58. The molecule has 9 heteroatoms. The number of carbonyl (C=O) groups is 3. The lowest BCUT2D eigenvalue weighted by molar-refractivity contribution is -0.126. The second-order valence-corrected chi connectivity index (χ2v) is 8.79. The third-order valence-electron chi connectivity index (χ3n) is 6.29. The van der Waals surface area contributed by atoms with E-state index in [1.54, 1.807) is 67.6 Å². The van der Waals surface area contributed by atoms with Crippen molar-refractivity contribution in [1.82, 2.24) is 0 Å². The van der Waals surface area contributed by atoms with Crippen molar-refractivity contribution in [3.8, 4) is 5.75 Å². The number of ether oxygens (including phenoxy) is 2. The summed E-state index contributed by atoms with van der Waals surface area (Å²) in [5.74, 6) is -1.44. The van der Waals surface area contributed by atoms with Crippen LogP contribution in [0.25, 0.3) is 0 Å². The van der Waals surface area contributed by atoms with Crippen molar-refractivity contribution in [3.05, 3.63) is 88.9 Å². The van der Waals surface area contributed by atoms with E-state index in [0.29, 0.717) is 27.7 Å². The summed E-state index contributed by atoms with van der Waals surface area (Å²) in [6, 6.07) is 19.9. The second kappa shape index (κ2) is 9.64. The van der Waals surface area contributed by atoms with E-state index in [1.807, 2.05) is 12.1 Å². The highest BCUT2D eigenvalue weighted by molar-refractivity contribution is 6.30. The number of methoxy groups -OCH3 is 1. The highest BCUT2D eigenvalue weighted by atomic mass is 35.5. The number of hydrogen-bond donors (Lipinski definition) is 0. The van der Waals surface area contributed by atoms with Gasteiger partial charge < -0.3 is 9.47 Å². The smallest absolute Gasteiger partial charge is 0.338 e. The maximum absolute atomic E-state index is 13.7. The van der Waals surface area contributed by atoms with Crippen LogP contribution in [-0.2, 0) is 19.2 Å². The monoisotopic (exact) mass is 506 g/mol. The van der Waals surface area contributed by atoms with Gasteiger partial charge in [-0.1, -0.05) is 23.7 Å². The predicted molar refractivity (Wildman–Crippen MR) is 133 cm³/mol. The van der Waals surface area contributed by atoms with E-state index in [0.717, 1.165) is 10.5 Å². The number of esters is 1. The Balaban J connectivity index is 1.50. The van der Waals surface area contributed by atoms with Crippen molar-refractivity contribution in [2.75, 3.05) is 23.7 Å². The topological polar surface area (TPSA) is 85.4 Å². The average Bonchev–Trinajstić information content (AvgIpc) is 3.40. The fourth-order valence-corrected chi connectivity index (χ4v) is 4.71. The third-order valence-corrected chi connectivity index (χ3v) is 6.54. The fourth-order valence-electron chi connectivity index (χ4n) is 4.58. The van der Waals surface area contributed by atoms with Crippen molar-refractivity contribution in [3.63, 3.8) is 0 Å². The Morgan fingerprint density at radius 2 is 1.56 bits per heavy atom. The largest absolute Gasteiger partial charge is 0.497 e. The molecule has 36 heavy (non-hydrogen) atoms. The van der Waals surface area contributed by atoms with Gasteiger partial charge in [-0.05, 0) is 73.2 Å². The van der Waals surface area contributed by atoms with E-state index in [-0.39, 0.29) is 12.5 Å². The lowest BCUT2D eigenvalue weighted by atomic mass is 9.90. The van der Waals surface area contributed by atoms with Crippen molar-refractivity contribution < 1.29 is 28.7 Å². The number of anilines is 2. The van der Waals surface area contributed by atoms with Crippen LogP contribution in [0.2, 0.25) is 5.02 Å². The van der Waals surface area contributed by atoms with Gasteiger partial charge in [0.1, 0.15) is 11.7 Å². The Kier molecular flexibility index (Phi) is 6.38. The van der Waals surface area contributed by atoms with Crippen LogP contribution in [0.3, 0.4) is 0 Å². The number of halogens is 1. The molecule has 5 rings (SSSR count). The SMILES string of the molecule is CCOC(=O)c1ccc(N2C(=O)[C@@H]3[C@@H](ON(c4ccc(Cl)cc4)[C@H]3c3ccc(OC)cc3)C2=O)cc1. The Hall–Kier alpha value is -3.88. The average molecular weight is 507 g/mol. The summed E-state index contributed by atoms with van der Waals surface area (Å²) < 4.78 is 10.3. The normalized spacial score (nSPS) is 21.0. The molecule has 0 bridgehead atoms. The van der Waals surface area contributed by atoms with Gasteiger partial charge in [-0.15, -0.1) is 0 Å². The molecule has 3 aromatic rings. The van der Waals surface area contributed by atoms with Crippen LogP contribution in [0.15, 0.2) is 72.8 Å². The minimum Gasteiger partial charge on any atom is -0.497 e. The first-order chi connectivity index (χ1) is 17.4. The first kappa shape index (κ1) is 23.8. The van der Waals surface area contributed by atoms with Gasteiger partial charge in [-0.3, -0.25) is 14.4 Å². The fraction of sp³-hybridized carbons (Fsp3) is 0.222. The number of amides is 2. The quantitative estimate of drug-likeness (QED) is 0.357. The van der Waals surface area contributed by atoms with Gasteiger partial charge in [-0.25, -0.2) is 14.8 Å². The van der Waals surface area contributed by atoms with Gasteiger partial charge in [0.15, 0.2) is 6.10 Å². The number of nitrogens with zero attached hydrogens (tertiary/aromatic N) is 2. The van der Waals surface area contributed by atoms with Crippen molar-refractivity contribution in [2.24, 2.45) is 5.92 Å². The van der Waals surface area contributed by atoms with Crippen molar-refractivity contribution in [1.29, 1.82) is 0 Å². The highest BCUT2D eigenvalue weighted by Crippen LogP contribution is 2.47. The molecule has 2 heterocycles. The molecule has 2 amide bonds. The van der Waals surface area contributed by atoms with Crippen LogP contribution in [0.5, 0.6) is 5.75 Å². The maximum Gasteiger partial charge on any atom is 0.338 e. The minimum absolute atomic E-state index is 0.251. The number of rotatable bonds is 6. The number of benzene rings is 3. The summed E-state index contributed by atoms with van der Waals surface area (Å²) in [4.78, 5) is 46.4. The number of carbonyl (C=O) groups excluding carboxylic acids is 3. The van der Waals surface area contributed by atoms with Gasteiger partial charge in [0.05, 0.1) is 36.7 Å². The first-order valence-corrected chi connectivity index (χ1v) is 11.8. The van der Waals surface area contributed by atoms with Crippen LogP contribution in [-0.4, -0.2) is 37.6 Å². The van der Waals surface area contributed by atoms with Gasteiger partial charge in [0, 0.05) is 5.02 Å². The molecule has 184 valence electrons. The Morgan fingerprint density at radius 3 is 2.17 bits per heavy atom. The molecule has 0 aliphatic carbocycles. The lowest BCUT2D eigenvalue weighted by Crippen LogP contribution is -2.37. The number of imide groups is 1. The van der Waals surface area contributed by atoms with E-state index in [4.69, 9.17) is 25.9 Å². The molecule has 0 unspecified atom stereocenters. The Bertz CT molecular complexity index is 1290. The van der Waals surface area contributed by atoms with Gasteiger partial charge >= 0.3 is 5.97 Å². The first-order valence-electron chi connectivity index (χ1n) is 11.4. The van der Waals surface area contributed by atoms with Crippen LogP contribution < -0.4 is 14.7 Å². The minimum atomic E-state index is -1.01. The van der Waals surface area contributed by atoms with Gasteiger partial charge in [-0.2, -0.15) is 0 Å². The molecule has 2 aliphatic heterocycles. The van der Waals surface area contributed by atoms with E-state index in [2.05, 4.69) is 0 Å². The number of hydroxylamine groups is 1. The summed E-state index contributed by atoms with van der Waals surface area (Å²) >= 11 is 6.07. The Labute approximate surface area is 212 Å². The number of hydrogen-bond acceptors (Lipinski definition) is 7. The molecule has 0 aromatic heterocycles. The molecule has 3 atom stereocenters. The van der Waals surface area contributed by atoms with Gasteiger partial charge in [0.2, 0.25) is 5.91 Å². The molecule has 2 fully saturated rings. The zero-order valence-electron chi connectivity index (χ0n) is 19.6. The van der Waals surface area contributed by atoms with Crippen LogP contribution in [0.1, 0.15) is 28.9 Å². The summed E-state index contributed by atoms with van der Waals surface area (Å²) in [6.45, 7) is 1.97. The molecule has 8 nitrogen and oxygen atoms in total. The molecule has 3 aromatic carbocycles. The van der Waals surface area contributed by atoms with Crippen LogP contribution in [0.4, 0.5) is 11.4 Å². The summed E-state index contributed by atoms with van der Waals surface area (Å²) in [5.41, 5.74) is 2.16. The van der Waals surface area contributed by atoms with Crippen molar-refractivity contribution >= 4 is 40.8 Å². The molecule has 0 N–H and O–H groups in total. The van der Waals surface area contributed by atoms with Crippen molar-refractivity contribution in [2.45, 2.75) is 19.1 Å². The molecular weight excluding hydrogens is 484 g/mol. The summed E-state index contributed by atoms with van der Waals surface area (Å²) in [5, 5.41) is 2.16. The van der Waals surface area contributed by atoms with E-state index in [1.165, 1.54) is 12.1 Å². The highest BCUT2D eigenvalue weighted by Gasteiger charge is 2.60. The van der Waals surface area contributed by atoms with E-state index in [9.17, 15) is 14.4 Å². The third kappa shape index (κ3) is 4.08. The predicted octanol–water partition coefficient (Wildman–Crippen LogP) is 4.58. The maximum atomic E-state index is 13.7. The number of fused-ring (bicyclic) bond motifs is 1. The zero-order chi connectivity index (χ0) is 25.4. The van der Waals surface area contributed by atoms with Gasteiger partial charge in [0.25, 0.3) is 5.91 Å². The molecule has 0 spiro atoms. The molecule has 0 radical (unpaired) electrons. The lowest BCUT2D eigenvalue weighted by Gasteiger charge is -2.29. The van der Waals surface area contributed by atoms with E-state index >= 15 is 0 Å². The second-order valence-electron chi connectivity index (χ2n) is 8.35. The van der Waals surface area contributed by atoms with Crippen LogP contribution >= 0.6 is 11.6 Å². The molecule has 0 saturated carbocycles. The summed E-state index contributed by atoms with van der Waals surface area (Å²) in [6.07, 6.45) is -1.01. The molecule has 2 saturated heterocycles. The molecule has 2 aliphatic rings. The van der Waals surface area contributed by atoms with Crippen LogP contribution in [0, 0.1) is 5.92 Å². The Morgan fingerprint density at radius 1 is 0.917 bits per heavy atom. The zero-order valence-corrected chi connectivity index (χ0v) is 20.3. The standard InChI is InChI=1S/C27H23ClN2O6/c1-3-35-27(33)17-4-10-19(11-5-17)29-25(31)22-23(16-6-14-21(34-2)15-7-16)30(36-24(22)26(29)32)20-12-8-18(28)9-13-20/h4-15,22-24H,3H2,1-2H3/t22-,23-,24+/m0/s1. The van der Waals surface area contributed by atoms with E-state index < -0.39 is 29.9 Å².